The minimum absolute atomic E-state index is 0.00728. The fourth-order valence-electron chi connectivity index (χ4n) is 3.12. The molecule has 0 bridgehead atoms. The van der Waals surface area contributed by atoms with E-state index in [-0.39, 0.29) is 17.8 Å². The van der Waals surface area contributed by atoms with Gasteiger partial charge in [-0.1, -0.05) is 24.3 Å². The molecule has 1 aromatic carbocycles. The number of esters is 1. The lowest BCUT2D eigenvalue weighted by atomic mass is 9.97. The van der Waals surface area contributed by atoms with E-state index < -0.39 is 0 Å². The summed E-state index contributed by atoms with van der Waals surface area (Å²) in [6.45, 7) is 4.95. The SMILES string of the molecule is COC(=O)C1CC[NH+](CC(=O)NCCc2ccccc2C)CC1. The van der Waals surface area contributed by atoms with Gasteiger partial charge in [0.25, 0.3) is 5.91 Å². The second-order valence-corrected chi connectivity index (χ2v) is 6.25. The molecule has 126 valence electrons. The summed E-state index contributed by atoms with van der Waals surface area (Å²) in [7, 11) is 1.43. The van der Waals surface area contributed by atoms with Crippen LogP contribution in [0.5, 0.6) is 0 Å². The molecule has 1 heterocycles. The Labute approximate surface area is 138 Å². The van der Waals surface area contributed by atoms with Gasteiger partial charge >= 0.3 is 5.97 Å². The molecule has 0 aliphatic carbocycles. The number of amides is 1. The molecule has 0 spiro atoms. The quantitative estimate of drug-likeness (QED) is 0.733. The summed E-state index contributed by atoms with van der Waals surface area (Å²) >= 11 is 0. The zero-order valence-electron chi connectivity index (χ0n) is 14.1. The van der Waals surface area contributed by atoms with E-state index in [0.717, 1.165) is 32.4 Å². The second-order valence-electron chi connectivity index (χ2n) is 6.25. The molecule has 1 aliphatic heterocycles. The minimum atomic E-state index is -0.119. The first kappa shape index (κ1) is 17.5. The smallest absolute Gasteiger partial charge is 0.309 e. The summed E-state index contributed by atoms with van der Waals surface area (Å²) in [4.78, 5) is 24.8. The van der Waals surface area contributed by atoms with Crippen molar-refractivity contribution in [2.45, 2.75) is 26.2 Å². The number of carbonyl (C=O) groups is 2. The Hall–Kier alpha value is -1.88. The van der Waals surface area contributed by atoms with Gasteiger partial charge in [0.05, 0.1) is 26.1 Å². The van der Waals surface area contributed by atoms with Crippen LogP contribution in [0, 0.1) is 12.8 Å². The van der Waals surface area contributed by atoms with E-state index in [2.05, 4.69) is 24.4 Å². The Morgan fingerprint density at radius 2 is 1.96 bits per heavy atom. The van der Waals surface area contributed by atoms with Gasteiger partial charge < -0.3 is 15.0 Å². The summed E-state index contributed by atoms with van der Waals surface area (Å²) in [5.74, 6) is -0.0234. The number of aryl methyl sites for hydroxylation is 1. The standard InChI is InChI=1S/C18H26N2O3/c1-14-5-3-4-6-15(14)7-10-19-17(21)13-20-11-8-16(9-12-20)18(22)23-2/h3-6,16H,7-13H2,1-2H3,(H,19,21)/p+1. The molecule has 2 N–H and O–H groups in total. The number of piperidine rings is 1. The van der Waals surface area contributed by atoms with Crippen LogP contribution in [0.3, 0.4) is 0 Å². The van der Waals surface area contributed by atoms with Gasteiger partial charge in [0.1, 0.15) is 0 Å². The normalized spacial score (nSPS) is 20.8. The molecule has 2 rings (SSSR count). The van der Waals surface area contributed by atoms with Crippen LogP contribution in [-0.2, 0) is 20.7 Å². The van der Waals surface area contributed by atoms with Gasteiger partial charge in [-0.25, -0.2) is 0 Å². The maximum atomic E-state index is 12.0. The van der Waals surface area contributed by atoms with Crippen molar-refractivity contribution in [2.24, 2.45) is 5.92 Å². The number of benzene rings is 1. The lowest BCUT2D eigenvalue weighted by Gasteiger charge is -2.27. The van der Waals surface area contributed by atoms with Crippen LogP contribution in [0.4, 0.5) is 0 Å². The van der Waals surface area contributed by atoms with Crippen molar-refractivity contribution in [3.05, 3.63) is 35.4 Å². The number of hydrogen-bond donors (Lipinski definition) is 2. The number of quaternary nitrogens is 1. The van der Waals surface area contributed by atoms with Crippen molar-refractivity contribution < 1.29 is 19.2 Å². The number of hydrogen-bond acceptors (Lipinski definition) is 3. The zero-order valence-corrected chi connectivity index (χ0v) is 14.1. The highest BCUT2D eigenvalue weighted by molar-refractivity contribution is 5.76. The molecule has 5 heteroatoms. The number of carbonyl (C=O) groups excluding carboxylic acids is 2. The average molecular weight is 319 g/mol. The number of methoxy groups -OCH3 is 1. The Bertz CT molecular complexity index is 537. The average Bonchev–Trinajstić information content (AvgIpc) is 2.56. The predicted octanol–water partition coefficient (Wildman–Crippen LogP) is 0.122. The largest absolute Gasteiger partial charge is 0.469 e. The maximum absolute atomic E-state index is 12.0. The first-order chi connectivity index (χ1) is 11.1. The fourth-order valence-corrected chi connectivity index (χ4v) is 3.12. The molecule has 23 heavy (non-hydrogen) atoms. The van der Waals surface area contributed by atoms with Crippen LogP contribution in [-0.4, -0.2) is 45.2 Å². The Balaban J connectivity index is 1.66. The molecule has 1 amide bonds. The third-order valence-corrected chi connectivity index (χ3v) is 4.62. The highest BCUT2D eigenvalue weighted by atomic mass is 16.5. The van der Waals surface area contributed by atoms with E-state index in [4.69, 9.17) is 4.74 Å². The van der Waals surface area contributed by atoms with Gasteiger partial charge in [0.2, 0.25) is 0 Å². The Morgan fingerprint density at radius 1 is 1.26 bits per heavy atom. The van der Waals surface area contributed by atoms with Crippen molar-refractivity contribution in [2.75, 3.05) is 33.3 Å². The van der Waals surface area contributed by atoms with Crippen LogP contribution in [0.25, 0.3) is 0 Å². The van der Waals surface area contributed by atoms with E-state index in [0.29, 0.717) is 13.1 Å². The van der Waals surface area contributed by atoms with Crippen LogP contribution in [0.15, 0.2) is 24.3 Å². The Kier molecular flexibility index (Phi) is 6.59. The highest BCUT2D eigenvalue weighted by Gasteiger charge is 2.28. The molecule has 0 atom stereocenters. The molecule has 1 aliphatic rings. The Morgan fingerprint density at radius 3 is 2.61 bits per heavy atom. The summed E-state index contributed by atoms with van der Waals surface area (Å²) in [6.07, 6.45) is 2.47. The third kappa shape index (κ3) is 5.36. The van der Waals surface area contributed by atoms with Gasteiger partial charge in [0, 0.05) is 19.4 Å². The summed E-state index contributed by atoms with van der Waals surface area (Å²) in [5.41, 5.74) is 2.54. The summed E-state index contributed by atoms with van der Waals surface area (Å²) in [5, 5.41) is 3.00. The zero-order chi connectivity index (χ0) is 16.7. The van der Waals surface area contributed by atoms with Crippen LogP contribution >= 0.6 is 0 Å². The number of nitrogens with one attached hydrogen (secondary N) is 2. The first-order valence-corrected chi connectivity index (χ1v) is 8.32. The van der Waals surface area contributed by atoms with Crippen molar-refractivity contribution in [1.82, 2.24) is 5.32 Å². The number of rotatable bonds is 6. The summed E-state index contributed by atoms with van der Waals surface area (Å²) in [6, 6.07) is 8.25. The molecule has 5 nitrogen and oxygen atoms in total. The van der Waals surface area contributed by atoms with Crippen LogP contribution < -0.4 is 10.2 Å². The monoisotopic (exact) mass is 319 g/mol. The first-order valence-electron chi connectivity index (χ1n) is 8.32. The lowest BCUT2D eigenvalue weighted by Crippen LogP contribution is -3.14. The molecule has 1 saturated heterocycles. The maximum Gasteiger partial charge on any atom is 0.309 e. The summed E-state index contributed by atoms with van der Waals surface area (Å²) < 4.78 is 4.78. The molecule has 0 radical (unpaired) electrons. The van der Waals surface area contributed by atoms with Crippen molar-refractivity contribution in [1.29, 1.82) is 0 Å². The molecule has 0 unspecified atom stereocenters. The van der Waals surface area contributed by atoms with Gasteiger partial charge in [-0.15, -0.1) is 0 Å². The van der Waals surface area contributed by atoms with Crippen LogP contribution in [0.2, 0.25) is 0 Å². The topological polar surface area (TPSA) is 59.8 Å². The van der Waals surface area contributed by atoms with Crippen LogP contribution in [0.1, 0.15) is 24.0 Å². The molecular weight excluding hydrogens is 292 g/mol. The van der Waals surface area contributed by atoms with Gasteiger partial charge in [-0.2, -0.15) is 0 Å². The fraction of sp³-hybridized carbons (Fsp3) is 0.556. The van der Waals surface area contributed by atoms with Gasteiger partial charge in [-0.05, 0) is 24.5 Å². The number of likely N-dealkylation sites (tertiary alicyclic amines) is 1. The van der Waals surface area contributed by atoms with Gasteiger partial charge in [-0.3, -0.25) is 9.59 Å². The van der Waals surface area contributed by atoms with E-state index in [9.17, 15) is 9.59 Å². The molecule has 1 aromatic rings. The van der Waals surface area contributed by atoms with E-state index in [1.165, 1.54) is 23.1 Å². The van der Waals surface area contributed by atoms with Crippen molar-refractivity contribution in [3.8, 4) is 0 Å². The van der Waals surface area contributed by atoms with E-state index in [1.54, 1.807) is 0 Å². The second kappa shape index (κ2) is 8.67. The predicted molar refractivity (Wildman–Crippen MR) is 88.2 cm³/mol. The van der Waals surface area contributed by atoms with E-state index >= 15 is 0 Å². The molecule has 0 saturated carbocycles. The highest BCUT2D eigenvalue weighted by Crippen LogP contribution is 2.10. The molecule has 1 fully saturated rings. The van der Waals surface area contributed by atoms with E-state index in [1.807, 2.05) is 12.1 Å². The lowest BCUT2D eigenvalue weighted by molar-refractivity contribution is -0.897. The number of ether oxygens (including phenoxy) is 1. The molecule has 0 aromatic heterocycles. The van der Waals surface area contributed by atoms with Crippen molar-refractivity contribution >= 4 is 11.9 Å². The van der Waals surface area contributed by atoms with Gasteiger partial charge in [0.15, 0.2) is 6.54 Å². The van der Waals surface area contributed by atoms with Crippen molar-refractivity contribution in [3.63, 3.8) is 0 Å². The minimum Gasteiger partial charge on any atom is -0.469 e. The third-order valence-electron chi connectivity index (χ3n) is 4.62. The molecular formula is C18H27N2O3+.